The number of carbonyl (C=O) groups is 1. The van der Waals surface area contributed by atoms with E-state index in [1.807, 2.05) is 62.4 Å². The predicted molar refractivity (Wildman–Crippen MR) is 98.2 cm³/mol. The molecule has 128 valence electrons. The van der Waals surface area contributed by atoms with Crippen LogP contribution in [-0.4, -0.2) is 21.9 Å². The van der Waals surface area contributed by atoms with E-state index in [1.54, 1.807) is 0 Å². The van der Waals surface area contributed by atoms with Gasteiger partial charge >= 0.3 is 0 Å². The van der Waals surface area contributed by atoms with Crippen molar-refractivity contribution in [3.63, 3.8) is 0 Å². The summed E-state index contributed by atoms with van der Waals surface area (Å²) in [5.74, 6) is 0.636. The Kier molecular flexibility index (Phi) is 5.50. The number of hydrogen-bond acceptors (Lipinski definition) is 5. The quantitative estimate of drug-likeness (QED) is 0.683. The summed E-state index contributed by atoms with van der Waals surface area (Å²) in [5, 5.41) is 11.3. The van der Waals surface area contributed by atoms with Gasteiger partial charge in [-0.15, -0.1) is 10.2 Å². The minimum atomic E-state index is -0.0661. The number of rotatable bonds is 6. The van der Waals surface area contributed by atoms with E-state index in [0.29, 0.717) is 17.7 Å². The molecule has 5 nitrogen and oxygen atoms in total. The Labute approximate surface area is 150 Å². The molecule has 25 heavy (non-hydrogen) atoms. The van der Waals surface area contributed by atoms with Crippen LogP contribution in [0.3, 0.4) is 0 Å². The Morgan fingerprint density at radius 3 is 2.76 bits per heavy atom. The highest BCUT2D eigenvalue weighted by Crippen LogP contribution is 2.23. The molecule has 3 rings (SSSR count). The molecule has 0 atom stereocenters. The van der Waals surface area contributed by atoms with Gasteiger partial charge in [0.2, 0.25) is 11.8 Å². The molecule has 1 N–H and O–H groups in total. The van der Waals surface area contributed by atoms with Crippen LogP contribution in [0.4, 0.5) is 0 Å². The van der Waals surface area contributed by atoms with E-state index in [-0.39, 0.29) is 11.7 Å². The Hall–Kier alpha value is -2.60. The molecule has 0 saturated heterocycles. The van der Waals surface area contributed by atoms with Gasteiger partial charge in [-0.1, -0.05) is 53.7 Å². The number of hydrogen-bond donors (Lipinski definition) is 1. The number of carbonyl (C=O) groups excluding carboxylic acids is 1. The lowest BCUT2D eigenvalue weighted by molar-refractivity contribution is -0.118. The van der Waals surface area contributed by atoms with Gasteiger partial charge in [-0.05, 0) is 37.1 Å². The van der Waals surface area contributed by atoms with E-state index in [4.69, 9.17) is 4.42 Å². The average molecular weight is 353 g/mol. The Morgan fingerprint density at radius 1 is 1.12 bits per heavy atom. The normalized spacial score (nSPS) is 10.6. The fourth-order valence-corrected chi connectivity index (χ4v) is 2.94. The highest BCUT2D eigenvalue weighted by Gasteiger charge is 2.11. The van der Waals surface area contributed by atoms with Gasteiger partial charge in [0, 0.05) is 12.1 Å². The van der Waals surface area contributed by atoms with E-state index in [2.05, 4.69) is 15.5 Å². The zero-order valence-electron chi connectivity index (χ0n) is 14.2. The topological polar surface area (TPSA) is 68.0 Å². The molecular formula is C19H19N3O2S. The van der Waals surface area contributed by atoms with Gasteiger partial charge in [0.15, 0.2) is 0 Å². The Balaban J connectivity index is 1.52. The van der Waals surface area contributed by atoms with Crippen LogP contribution in [-0.2, 0) is 11.3 Å². The molecule has 0 aliphatic rings. The first-order valence-corrected chi connectivity index (χ1v) is 8.95. The van der Waals surface area contributed by atoms with Gasteiger partial charge in [-0.25, -0.2) is 0 Å². The molecule has 1 aromatic heterocycles. The third kappa shape index (κ3) is 4.70. The van der Waals surface area contributed by atoms with Crippen LogP contribution in [0.25, 0.3) is 11.5 Å². The van der Waals surface area contributed by atoms with Crippen LogP contribution < -0.4 is 5.32 Å². The van der Waals surface area contributed by atoms with E-state index in [0.717, 1.165) is 22.3 Å². The number of thioether (sulfide) groups is 1. The zero-order valence-corrected chi connectivity index (χ0v) is 15.0. The number of aryl methyl sites for hydroxylation is 2. The standard InChI is InChI=1S/C19H19N3O2S/c1-13-6-5-9-15(10-13)18-21-22-19(24-18)25-12-17(23)20-11-16-8-4-3-7-14(16)2/h3-10H,11-12H2,1-2H3,(H,20,23). The fourth-order valence-electron chi connectivity index (χ4n) is 2.34. The summed E-state index contributed by atoms with van der Waals surface area (Å²) < 4.78 is 5.62. The molecular weight excluding hydrogens is 334 g/mol. The van der Waals surface area contributed by atoms with Crippen molar-refractivity contribution in [3.8, 4) is 11.5 Å². The van der Waals surface area contributed by atoms with Crippen molar-refractivity contribution in [1.29, 1.82) is 0 Å². The van der Waals surface area contributed by atoms with Crippen LogP contribution in [0.1, 0.15) is 16.7 Å². The van der Waals surface area contributed by atoms with Crippen molar-refractivity contribution in [3.05, 3.63) is 65.2 Å². The average Bonchev–Trinajstić information content (AvgIpc) is 3.08. The molecule has 6 heteroatoms. The first kappa shape index (κ1) is 17.2. The van der Waals surface area contributed by atoms with Crippen molar-refractivity contribution >= 4 is 17.7 Å². The number of aromatic nitrogens is 2. The third-order valence-electron chi connectivity index (χ3n) is 3.74. The fraction of sp³-hybridized carbons (Fsp3) is 0.211. The van der Waals surface area contributed by atoms with Crippen molar-refractivity contribution in [2.75, 3.05) is 5.75 Å². The van der Waals surface area contributed by atoms with Crippen LogP contribution in [0.15, 0.2) is 58.2 Å². The van der Waals surface area contributed by atoms with Crippen LogP contribution in [0, 0.1) is 13.8 Å². The third-order valence-corrected chi connectivity index (χ3v) is 4.55. The second-order valence-electron chi connectivity index (χ2n) is 5.73. The minimum absolute atomic E-state index is 0.0661. The molecule has 0 aliphatic heterocycles. The summed E-state index contributed by atoms with van der Waals surface area (Å²) >= 11 is 1.24. The molecule has 0 bridgehead atoms. The first-order chi connectivity index (χ1) is 12.1. The molecule has 3 aromatic rings. The van der Waals surface area contributed by atoms with Gasteiger partial charge in [-0.3, -0.25) is 4.79 Å². The highest BCUT2D eigenvalue weighted by molar-refractivity contribution is 7.99. The number of amides is 1. The van der Waals surface area contributed by atoms with Crippen LogP contribution in [0.2, 0.25) is 0 Å². The summed E-state index contributed by atoms with van der Waals surface area (Å²) in [6.07, 6.45) is 0. The van der Waals surface area contributed by atoms with Gasteiger partial charge in [0.05, 0.1) is 5.75 Å². The predicted octanol–water partition coefficient (Wildman–Crippen LogP) is 3.76. The molecule has 0 unspecified atom stereocenters. The van der Waals surface area contributed by atoms with Crippen LogP contribution >= 0.6 is 11.8 Å². The first-order valence-electron chi connectivity index (χ1n) is 7.96. The molecule has 2 aromatic carbocycles. The number of benzene rings is 2. The smallest absolute Gasteiger partial charge is 0.277 e. The van der Waals surface area contributed by atoms with Gasteiger partial charge < -0.3 is 9.73 Å². The maximum atomic E-state index is 12.0. The van der Waals surface area contributed by atoms with E-state index >= 15 is 0 Å². The van der Waals surface area contributed by atoms with Crippen molar-refractivity contribution < 1.29 is 9.21 Å². The van der Waals surface area contributed by atoms with E-state index in [9.17, 15) is 4.79 Å². The largest absolute Gasteiger partial charge is 0.411 e. The molecule has 1 amide bonds. The Bertz CT molecular complexity index is 876. The summed E-state index contributed by atoms with van der Waals surface area (Å²) in [6.45, 7) is 4.56. The minimum Gasteiger partial charge on any atom is -0.411 e. The lowest BCUT2D eigenvalue weighted by Crippen LogP contribution is -2.24. The molecule has 0 radical (unpaired) electrons. The highest BCUT2D eigenvalue weighted by atomic mass is 32.2. The maximum Gasteiger partial charge on any atom is 0.277 e. The SMILES string of the molecule is Cc1cccc(-c2nnc(SCC(=O)NCc3ccccc3C)o2)c1. The van der Waals surface area contributed by atoms with Gasteiger partial charge in [0.25, 0.3) is 5.22 Å². The second-order valence-corrected chi connectivity index (χ2v) is 6.66. The van der Waals surface area contributed by atoms with Gasteiger partial charge in [-0.2, -0.15) is 0 Å². The molecule has 0 aliphatic carbocycles. The lowest BCUT2D eigenvalue weighted by atomic mass is 10.1. The molecule has 0 fully saturated rings. The lowest BCUT2D eigenvalue weighted by Gasteiger charge is -2.06. The summed E-state index contributed by atoms with van der Waals surface area (Å²) in [4.78, 5) is 12.0. The number of nitrogens with zero attached hydrogens (tertiary/aromatic N) is 2. The number of nitrogens with one attached hydrogen (secondary N) is 1. The summed E-state index contributed by atoms with van der Waals surface area (Å²) in [6, 6.07) is 15.8. The summed E-state index contributed by atoms with van der Waals surface area (Å²) in [7, 11) is 0. The second kappa shape index (κ2) is 7.98. The van der Waals surface area contributed by atoms with E-state index in [1.165, 1.54) is 11.8 Å². The zero-order chi connectivity index (χ0) is 17.6. The monoisotopic (exact) mass is 353 g/mol. The van der Waals surface area contributed by atoms with Gasteiger partial charge in [0.1, 0.15) is 0 Å². The van der Waals surface area contributed by atoms with Crippen molar-refractivity contribution in [2.24, 2.45) is 0 Å². The van der Waals surface area contributed by atoms with Crippen LogP contribution in [0.5, 0.6) is 0 Å². The van der Waals surface area contributed by atoms with E-state index < -0.39 is 0 Å². The molecule has 1 heterocycles. The maximum absolute atomic E-state index is 12.0. The van der Waals surface area contributed by atoms with Crippen molar-refractivity contribution in [1.82, 2.24) is 15.5 Å². The van der Waals surface area contributed by atoms with Crippen molar-refractivity contribution in [2.45, 2.75) is 25.6 Å². The molecule has 0 saturated carbocycles. The Morgan fingerprint density at radius 2 is 1.96 bits per heavy atom. The summed E-state index contributed by atoms with van der Waals surface area (Å²) in [5.41, 5.74) is 4.28. The molecule has 0 spiro atoms.